The van der Waals surface area contributed by atoms with Crippen molar-refractivity contribution in [3.05, 3.63) is 82.7 Å². The molecule has 0 aliphatic rings. The number of ether oxygens (including phenoxy) is 1. The van der Waals surface area contributed by atoms with Crippen molar-refractivity contribution in [2.45, 2.75) is 13.0 Å². The molecular weight excluding hydrogens is 345 g/mol. The summed E-state index contributed by atoms with van der Waals surface area (Å²) in [5.74, 6) is 1.02. The highest BCUT2D eigenvalue weighted by molar-refractivity contribution is 5.82. The zero-order valence-electron chi connectivity index (χ0n) is 14.8. The summed E-state index contributed by atoms with van der Waals surface area (Å²) in [6.07, 6.45) is 4.30. The first-order chi connectivity index (χ1) is 13.1. The van der Waals surface area contributed by atoms with Gasteiger partial charge in [-0.2, -0.15) is 0 Å². The number of aromatic nitrogens is 3. The summed E-state index contributed by atoms with van der Waals surface area (Å²) in [5, 5.41) is 0.758. The van der Waals surface area contributed by atoms with Crippen LogP contribution in [-0.2, 0) is 13.0 Å². The van der Waals surface area contributed by atoms with Crippen molar-refractivity contribution >= 4 is 10.9 Å². The minimum absolute atomic E-state index is 0.290. The van der Waals surface area contributed by atoms with E-state index in [0.717, 1.165) is 23.1 Å². The molecule has 136 valence electrons. The van der Waals surface area contributed by atoms with Crippen LogP contribution in [0.25, 0.3) is 22.3 Å². The zero-order valence-corrected chi connectivity index (χ0v) is 14.8. The number of nitrogens with zero attached hydrogens (tertiary/aromatic N) is 2. The van der Waals surface area contributed by atoms with E-state index in [1.165, 1.54) is 12.1 Å². The first-order valence-electron chi connectivity index (χ1n) is 8.61. The molecule has 0 atom stereocenters. The van der Waals surface area contributed by atoms with Crippen molar-refractivity contribution in [3.8, 4) is 17.1 Å². The Morgan fingerprint density at radius 2 is 2.07 bits per heavy atom. The topological polar surface area (TPSA) is 59.9 Å². The molecule has 0 saturated heterocycles. The second kappa shape index (κ2) is 7.07. The Balaban J connectivity index is 1.65. The van der Waals surface area contributed by atoms with Gasteiger partial charge < -0.3 is 14.3 Å². The molecular formula is C21H18FN3O2. The molecule has 0 spiro atoms. The van der Waals surface area contributed by atoms with Crippen LogP contribution >= 0.6 is 0 Å². The Kier molecular flexibility index (Phi) is 4.46. The lowest BCUT2D eigenvalue weighted by Crippen LogP contribution is -2.13. The monoisotopic (exact) mass is 363 g/mol. The van der Waals surface area contributed by atoms with Gasteiger partial charge in [-0.15, -0.1) is 0 Å². The molecule has 4 rings (SSSR count). The molecule has 27 heavy (non-hydrogen) atoms. The van der Waals surface area contributed by atoms with E-state index in [0.29, 0.717) is 23.4 Å². The van der Waals surface area contributed by atoms with E-state index in [4.69, 9.17) is 4.74 Å². The van der Waals surface area contributed by atoms with Gasteiger partial charge in [-0.05, 0) is 53.8 Å². The number of methoxy groups -OCH3 is 1. The molecule has 0 aliphatic heterocycles. The van der Waals surface area contributed by atoms with E-state index in [-0.39, 0.29) is 11.4 Å². The molecule has 0 amide bonds. The Morgan fingerprint density at radius 3 is 2.93 bits per heavy atom. The zero-order chi connectivity index (χ0) is 18.8. The molecule has 0 unspecified atom stereocenters. The third kappa shape index (κ3) is 3.46. The van der Waals surface area contributed by atoms with Crippen LogP contribution in [0.2, 0.25) is 0 Å². The van der Waals surface area contributed by atoms with Gasteiger partial charge in [0.1, 0.15) is 17.4 Å². The molecule has 6 heteroatoms. The van der Waals surface area contributed by atoms with Crippen LogP contribution in [0.3, 0.4) is 0 Å². The first-order valence-corrected chi connectivity index (χ1v) is 8.61. The number of imidazole rings is 1. The number of pyridine rings is 1. The number of fused-ring (bicyclic) bond motifs is 1. The molecule has 5 nitrogen and oxygen atoms in total. The van der Waals surface area contributed by atoms with Gasteiger partial charge in [-0.25, -0.2) is 9.37 Å². The maximum Gasteiger partial charge on any atom is 0.259 e. The van der Waals surface area contributed by atoms with E-state index < -0.39 is 0 Å². The fraction of sp³-hybridized carbons (Fsp3) is 0.143. The number of nitrogens with one attached hydrogen (secondary N) is 1. The fourth-order valence-corrected chi connectivity index (χ4v) is 3.15. The molecule has 0 fully saturated rings. The van der Waals surface area contributed by atoms with Crippen LogP contribution in [0.4, 0.5) is 4.39 Å². The summed E-state index contributed by atoms with van der Waals surface area (Å²) in [7, 11) is 1.64. The highest BCUT2D eigenvalue weighted by Crippen LogP contribution is 2.20. The highest BCUT2D eigenvalue weighted by atomic mass is 19.1. The summed E-state index contributed by atoms with van der Waals surface area (Å²) < 4.78 is 20.6. The molecule has 0 saturated carbocycles. The quantitative estimate of drug-likeness (QED) is 0.587. The summed E-state index contributed by atoms with van der Waals surface area (Å²) >= 11 is 0. The average molecular weight is 363 g/mol. The van der Waals surface area contributed by atoms with E-state index in [1.54, 1.807) is 25.4 Å². The van der Waals surface area contributed by atoms with Crippen LogP contribution in [0, 0.1) is 5.82 Å². The lowest BCUT2D eigenvalue weighted by atomic mass is 10.1. The maximum absolute atomic E-state index is 13.4. The highest BCUT2D eigenvalue weighted by Gasteiger charge is 2.12. The number of benzene rings is 2. The third-order valence-electron chi connectivity index (χ3n) is 4.54. The maximum atomic E-state index is 13.4. The van der Waals surface area contributed by atoms with E-state index in [9.17, 15) is 9.18 Å². The van der Waals surface area contributed by atoms with Crippen molar-refractivity contribution in [1.29, 1.82) is 0 Å². The van der Waals surface area contributed by atoms with Crippen LogP contribution in [0.1, 0.15) is 5.56 Å². The summed E-state index contributed by atoms with van der Waals surface area (Å²) in [6.45, 7) is 0.670. The van der Waals surface area contributed by atoms with Gasteiger partial charge in [0.05, 0.1) is 18.2 Å². The molecule has 1 N–H and O–H groups in total. The van der Waals surface area contributed by atoms with Crippen molar-refractivity contribution < 1.29 is 9.13 Å². The Bertz CT molecular complexity index is 1160. The molecule has 2 aromatic heterocycles. The predicted octanol–water partition coefficient (Wildman–Crippen LogP) is 3.78. The van der Waals surface area contributed by atoms with Gasteiger partial charge in [0.2, 0.25) is 0 Å². The van der Waals surface area contributed by atoms with E-state index in [2.05, 4.69) is 9.97 Å². The number of H-pyrrole nitrogens is 1. The number of halogens is 1. The summed E-state index contributed by atoms with van der Waals surface area (Å²) in [5.41, 5.74) is 1.78. The number of rotatable bonds is 5. The SMILES string of the molecule is COc1cccc(CCn2ccnc2-c2cc3ccc(F)cc3[nH]c2=O)c1. The number of hydrogen-bond donors (Lipinski definition) is 1. The Morgan fingerprint density at radius 1 is 1.19 bits per heavy atom. The van der Waals surface area contributed by atoms with Crippen molar-refractivity contribution in [1.82, 2.24) is 14.5 Å². The van der Waals surface area contributed by atoms with Crippen LogP contribution in [0.15, 0.2) is 65.7 Å². The minimum Gasteiger partial charge on any atom is -0.497 e. The summed E-state index contributed by atoms with van der Waals surface area (Å²) in [6, 6.07) is 14.0. The van der Waals surface area contributed by atoms with Gasteiger partial charge in [0, 0.05) is 18.9 Å². The smallest absolute Gasteiger partial charge is 0.259 e. The Hall–Kier alpha value is -3.41. The number of aryl methyl sites for hydroxylation is 2. The van der Waals surface area contributed by atoms with Gasteiger partial charge in [0.15, 0.2) is 0 Å². The largest absolute Gasteiger partial charge is 0.497 e. The van der Waals surface area contributed by atoms with Crippen LogP contribution in [-0.4, -0.2) is 21.6 Å². The van der Waals surface area contributed by atoms with Crippen molar-refractivity contribution in [3.63, 3.8) is 0 Å². The normalized spacial score (nSPS) is 11.0. The molecule has 0 bridgehead atoms. The number of hydrogen-bond acceptors (Lipinski definition) is 3. The van der Waals surface area contributed by atoms with Gasteiger partial charge in [-0.3, -0.25) is 4.79 Å². The van der Waals surface area contributed by atoms with Gasteiger partial charge in [0.25, 0.3) is 5.56 Å². The molecule has 0 radical (unpaired) electrons. The third-order valence-corrected chi connectivity index (χ3v) is 4.54. The van der Waals surface area contributed by atoms with Crippen LogP contribution < -0.4 is 10.3 Å². The molecule has 0 aliphatic carbocycles. The molecule has 2 heterocycles. The van der Waals surface area contributed by atoms with Gasteiger partial charge >= 0.3 is 0 Å². The predicted molar refractivity (Wildman–Crippen MR) is 102 cm³/mol. The molecule has 4 aromatic rings. The molecule has 2 aromatic carbocycles. The van der Waals surface area contributed by atoms with E-state index >= 15 is 0 Å². The van der Waals surface area contributed by atoms with Crippen LogP contribution in [0.5, 0.6) is 5.75 Å². The average Bonchev–Trinajstić information content (AvgIpc) is 3.14. The second-order valence-corrected chi connectivity index (χ2v) is 6.29. The minimum atomic E-state index is -0.384. The van der Waals surface area contributed by atoms with Gasteiger partial charge in [-0.1, -0.05) is 12.1 Å². The lowest BCUT2D eigenvalue weighted by Gasteiger charge is -2.09. The lowest BCUT2D eigenvalue weighted by molar-refractivity contribution is 0.414. The Labute approximate surface area is 155 Å². The van der Waals surface area contributed by atoms with E-state index in [1.807, 2.05) is 35.0 Å². The summed E-state index contributed by atoms with van der Waals surface area (Å²) in [4.78, 5) is 19.6. The number of aromatic amines is 1. The fourth-order valence-electron chi connectivity index (χ4n) is 3.15. The van der Waals surface area contributed by atoms with Crippen molar-refractivity contribution in [2.24, 2.45) is 0 Å². The second-order valence-electron chi connectivity index (χ2n) is 6.29. The van der Waals surface area contributed by atoms with Crippen molar-refractivity contribution in [2.75, 3.05) is 7.11 Å². The standard InChI is InChI=1S/C21H18FN3O2/c1-27-17-4-2-3-14(11-17)7-9-25-10-8-23-20(25)18-12-15-5-6-16(22)13-19(15)24-21(18)26/h2-6,8,10-13H,7,9H2,1H3,(H,24,26). The first kappa shape index (κ1) is 17.0.